The van der Waals surface area contributed by atoms with Crippen molar-refractivity contribution in [2.45, 2.75) is 57.6 Å². The molecule has 0 aromatic heterocycles. The van der Waals surface area contributed by atoms with Crippen molar-refractivity contribution in [1.29, 1.82) is 0 Å². The summed E-state index contributed by atoms with van der Waals surface area (Å²) in [6, 6.07) is 0. The molecule has 0 radical (unpaired) electrons. The maximum absolute atomic E-state index is 10.9. The van der Waals surface area contributed by atoms with Gasteiger partial charge in [-0.3, -0.25) is 0 Å². The van der Waals surface area contributed by atoms with Crippen LogP contribution in [0, 0.1) is 11.3 Å². The zero-order valence-electron chi connectivity index (χ0n) is 10.8. The minimum atomic E-state index is -0.745. The van der Waals surface area contributed by atoms with E-state index in [-0.39, 0.29) is 5.41 Å². The van der Waals surface area contributed by atoms with Gasteiger partial charge in [-0.05, 0) is 37.0 Å². The molecule has 3 heteroatoms. The fourth-order valence-electron chi connectivity index (χ4n) is 3.86. The molecule has 0 spiro atoms. The lowest BCUT2D eigenvalue weighted by atomic mass is 9.59. The summed E-state index contributed by atoms with van der Waals surface area (Å²) in [6.07, 6.45) is 3.57. The topological polar surface area (TPSA) is 55.5 Å². The third-order valence-electron chi connectivity index (χ3n) is 4.34. The predicted molar refractivity (Wildman–Crippen MR) is 64.1 cm³/mol. The van der Waals surface area contributed by atoms with E-state index in [4.69, 9.17) is 10.5 Å². The van der Waals surface area contributed by atoms with Crippen molar-refractivity contribution in [3.8, 4) is 0 Å². The summed E-state index contributed by atoms with van der Waals surface area (Å²) in [4.78, 5) is 0. The van der Waals surface area contributed by atoms with E-state index in [1.165, 1.54) is 6.42 Å². The highest BCUT2D eigenvalue weighted by Crippen LogP contribution is 2.49. The Bertz CT molecular complexity index is 271. The summed E-state index contributed by atoms with van der Waals surface area (Å²) in [5.74, 6) is 0.537. The lowest BCUT2D eigenvalue weighted by molar-refractivity contribution is -0.111. The Labute approximate surface area is 98.4 Å². The van der Waals surface area contributed by atoms with Gasteiger partial charge in [0, 0.05) is 6.61 Å². The second-order valence-electron chi connectivity index (χ2n) is 6.84. The third-order valence-corrected chi connectivity index (χ3v) is 4.34. The second kappa shape index (κ2) is 3.69. The SMILES string of the molecule is CC1CC(C)(C)CC(O)(C2(N)CCOC2)C1. The maximum Gasteiger partial charge on any atom is 0.0857 e. The Morgan fingerprint density at radius 1 is 1.31 bits per heavy atom. The molecule has 1 aliphatic heterocycles. The molecule has 1 aliphatic carbocycles. The summed E-state index contributed by atoms with van der Waals surface area (Å²) >= 11 is 0. The van der Waals surface area contributed by atoms with E-state index in [2.05, 4.69) is 20.8 Å². The number of nitrogens with two attached hydrogens (primary N) is 1. The third kappa shape index (κ3) is 2.01. The average Bonchev–Trinajstić information content (AvgIpc) is 2.48. The van der Waals surface area contributed by atoms with Gasteiger partial charge in [-0.25, -0.2) is 0 Å². The number of rotatable bonds is 1. The molecular formula is C13H25NO2. The highest BCUT2D eigenvalue weighted by Gasteiger charge is 2.54. The summed E-state index contributed by atoms with van der Waals surface area (Å²) < 4.78 is 5.40. The van der Waals surface area contributed by atoms with Crippen LogP contribution < -0.4 is 5.73 Å². The van der Waals surface area contributed by atoms with E-state index in [1.807, 2.05) is 0 Å². The molecule has 3 unspecified atom stereocenters. The summed E-state index contributed by atoms with van der Waals surface area (Å²) in [6.45, 7) is 7.87. The average molecular weight is 227 g/mol. The van der Waals surface area contributed by atoms with Gasteiger partial charge in [-0.2, -0.15) is 0 Å². The van der Waals surface area contributed by atoms with Crippen molar-refractivity contribution < 1.29 is 9.84 Å². The molecule has 3 nitrogen and oxygen atoms in total. The molecule has 0 aromatic carbocycles. The first-order chi connectivity index (χ1) is 7.27. The minimum Gasteiger partial charge on any atom is -0.388 e. The molecular weight excluding hydrogens is 202 g/mol. The number of ether oxygens (including phenoxy) is 1. The first-order valence-electron chi connectivity index (χ1n) is 6.35. The Hall–Kier alpha value is -0.120. The van der Waals surface area contributed by atoms with Gasteiger partial charge in [0.15, 0.2) is 0 Å². The van der Waals surface area contributed by atoms with E-state index in [9.17, 15) is 5.11 Å². The first kappa shape index (κ1) is 12.3. The summed E-state index contributed by atoms with van der Waals surface area (Å²) in [7, 11) is 0. The van der Waals surface area contributed by atoms with Crippen molar-refractivity contribution in [2.24, 2.45) is 17.1 Å². The van der Waals surface area contributed by atoms with Crippen LogP contribution in [-0.4, -0.2) is 29.5 Å². The number of hydrogen-bond donors (Lipinski definition) is 2. The molecule has 1 heterocycles. The van der Waals surface area contributed by atoms with E-state index in [1.54, 1.807) is 0 Å². The van der Waals surface area contributed by atoms with Gasteiger partial charge in [0.2, 0.25) is 0 Å². The van der Waals surface area contributed by atoms with E-state index >= 15 is 0 Å². The van der Waals surface area contributed by atoms with Gasteiger partial charge in [0.05, 0.1) is 17.7 Å². The molecule has 94 valence electrons. The maximum atomic E-state index is 10.9. The van der Waals surface area contributed by atoms with Gasteiger partial charge in [0.1, 0.15) is 0 Å². The fourth-order valence-corrected chi connectivity index (χ4v) is 3.86. The van der Waals surface area contributed by atoms with Crippen LogP contribution in [0.2, 0.25) is 0 Å². The van der Waals surface area contributed by atoms with Gasteiger partial charge in [0.25, 0.3) is 0 Å². The Morgan fingerprint density at radius 3 is 2.50 bits per heavy atom. The van der Waals surface area contributed by atoms with Crippen LogP contribution in [-0.2, 0) is 4.74 Å². The molecule has 16 heavy (non-hydrogen) atoms. The highest BCUT2D eigenvalue weighted by molar-refractivity contribution is 5.10. The summed E-state index contributed by atoms with van der Waals surface area (Å²) in [5.41, 5.74) is 5.28. The molecule has 1 saturated heterocycles. The van der Waals surface area contributed by atoms with Crippen LogP contribution in [0.5, 0.6) is 0 Å². The molecule has 3 N–H and O–H groups in total. The second-order valence-corrected chi connectivity index (χ2v) is 6.84. The van der Waals surface area contributed by atoms with Crippen molar-refractivity contribution in [3.63, 3.8) is 0 Å². The monoisotopic (exact) mass is 227 g/mol. The normalized spacial score (nSPS) is 48.2. The molecule has 1 saturated carbocycles. The van der Waals surface area contributed by atoms with E-state index < -0.39 is 11.1 Å². The van der Waals surface area contributed by atoms with Crippen molar-refractivity contribution in [3.05, 3.63) is 0 Å². The van der Waals surface area contributed by atoms with Crippen LogP contribution in [0.4, 0.5) is 0 Å². The van der Waals surface area contributed by atoms with Gasteiger partial charge < -0.3 is 15.6 Å². The first-order valence-corrected chi connectivity index (χ1v) is 6.35. The molecule has 2 fully saturated rings. The minimum absolute atomic E-state index is 0.182. The lowest BCUT2D eigenvalue weighted by Gasteiger charge is -2.51. The molecule has 2 aliphatic rings. The molecule has 0 bridgehead atoms. The standard InChI is InChI=1S/C13H25NO2/c1-10-6-11(2,3)8-13(15,7-10)12(14)4-5-16-9-12/h10,15H,4-9,14H2,1-3H3. The Balaban J connectivity index is 2.23. The predicted octanol–water partition coefficient (Wildman–Crippen LogP) is 1.68. The number of aliphatic hydroxyl groups is 1. The van der Waals surface area contributed by atoms with Gasteiger partial charge in [-0.1, -0.05) is 20.8 Å². The van der Waals surface area contributed by atoms with Crippen LogP contribution in [0.25, 0.3) is 0 Å². The molecule has 2 rings (SSSR count). The molecule has 0 amide bonds. The van der Waals surface area contributed by atoms with Crippen LogP contribution >= 0.6 is 0 Å². The Morgan fingerprint density at radius 2 is 2.00 bits per heavy atom. The van der Waals surface area contributed by atoms with Crippen molar-refractivity contribution in [2.75, 3.05) is 13.2 Å². The Kier molecular flexibility index (Phi) is 2.84. The lowest BCUT2D eigenvalue weighted by Crippen LogP contribution is -2.64. The van der Waals surface area contributed by atoms with Gasteiger partial charge >= 0.3 is 0 Å². The zero-order valence-corrected chi connectivity index (χ0v) is 10.8. The largest absolute Gasteiger partial charge is 0.388 e. The van der Waals surface area contributed by atoms with Crippen LogP contribution in [0.1, 0.15) is 46.5 Å². The van der Waals surface area contributed by atoms with Crippen LogP contribution in [0.3, 0.4) is 0 Å². The smallest absolute Gasteiger partial charge is 0.0857 e. The number of hydrogen-bond acceptors (Lipinski definition) is 3. The van der Waals surface area contributed by atoms with Gasteiger partial charge in [-0.15, -0.1) is 0 Å². The molecule has 0 aromatic rings. The van der Waals surface area contributed by atoms with E-state index in [0.717, 1.165) is 19.3 Å². The summed E-state index contributed by atoms with van der Waals surface area (Å²) in [5, 5.41) is 10.9. The fraction of sp³-hybridized carbons (Fsp3) is 1.00. The highest BCUT2D eigenvalue weighted by atomic mass is 16.5. The molecule has 3 atom stereocenters. The van der Waals surface area contributed by atoms with E-state index in [0.29, 0.717) is 19.1 Å². The van der Waals surface area contributed by atoms with Crippen LogP contribution in [0.15, 0.2) is 0 Å². The quantitative estimate of drug-likeness (QED) is 0.716. The van der Waals surface area contributed by atoms with Crippen molar-refractivity contribution in [1.82, 2.24) is 0 Å². The van der Waals surface area contributed by atoms with Crippen molar-refractivity contribution >= 4 is 0 Å². The zero-order chi connectivity index (χ0) is 12.0.